The largest absolute Gasteiger partial charge is 0.483 e. The van der Waals surface area contributed by atoms with Crippen LogP contribution in [-0.2, 0) is 20.7 Å². The van der Waals surface area contributed by atoms with Crippen LogP contribution in [0.25, 0.3) is 16.9 Å². The average molecular weight is 459 g/mol. The van der Waals surface area contributed by atoms with Crippen LogP contribution in [0.4, 0.5) is 11.5 Å². The van der Waals surface area contributed by atoms with E-state index in [2.05, 4.69) is 5.32 Å². The van der Waals surface area contributed by atoms with Gasteiger partial charge in [0.15, 0.2) is 6.61 Å². The minimum atomic E-state index is -0.589. The Bertz CT molecular complexity index is 1360. The highest BCUT2D eigenvalue weighted by atomic mass is 16.5. The lowest BCUT2D eigenvalue weighted by atomic mass is 10.0. The van der Waals surface area contributed by atoms with E-state index in [1.165, 1.54) is 7.11 Å². The smallest absolute Gasteiger partial charge is 0.309 e. The van der Waals surface area contributed by atoms with E-state index in [9.17, 15) is 9.59 Å². The van der Waals surface area contributed by atoms with Crippen molar-refractivity contribution in [2.45, 2.75) is 20.3 Å². The summed E-state index contributed by atoms with van der Waals surface area (Å²) in [5.74, 6) is 0.210. The van der Waals surface area contributed by atoms with Gasteiger partial charge in [-0.2, -0.15) is 0 Å². The number of methoxy groups -OCH3 is 1. The van der Waals surface area contributed by atoms with Crippen LogP contribution < -0.4 is 15.8 Å². The van der Waals surface area contributed by atoms with Crippen molar-refractivity contribution in [1.29, 1.82) is 0 Å². The van der Waals surface area contributed by atoms with Gasteiger partial charge in [-0.15, -0.1) is 0 Å². The van der Waals surface area contributed by atoms with Crippen LogP contribution in [0.15, 0.2) is 60.8 Å². The van der Waals surface area contributed by atoms with E-state index in [1.807, 2.05) is 66.9 Å². The van der Waals surface area contributed by atoms with Crippen molar-refractivity contribution in [2.24, 2.45) is 5.73 Å². The number of hydrogen-bond acceptors (Lipinski definition) is 6. The molecule has 0 bridgehead atoms. The molecule has 4 aromatic rings. The van der Waals surface area contributed by atoms with Gasteiger partial charge >= 0.3 is 5.97 Å². The molecule has 2 heterocycles. The van der Waals surface area contributed by atoms with Crippen LogP contribution in [0.2, 0.25) is 0 Å². The number of amides is 1. The predicted octanol–water partition coefficient (Wildman–Crippen LogP) is 3.94. The topological polar surface area (TPSA) is 108 Å². The summed E-state index contributed by atoms with van der Waals surface area (Å²) in [4.78, 5) is 28.2. The lowest BCUT2D eigenvalue weighted by molar-refractivity contribution is -0.139. The number of hydrogen-bond donors (Lipinski definition) is 2. The second-order valence-corrected chi connectivity index (χ2v) is 7.97. The summed E-state index contributed by atoms with van der Waals surface area (Å²) in [6, 6.07) is 17.1. The number of fused-ring (bicyclic) bond motifs is 1. The molecule has 3 N–H and O–H groups in total. The van der Waals surface area contributed by atoms with Gasteiger partial charge in [0.05, 0.1) is 13.5 Å². The minimum Gasteiger partial charge on any atom is -0.483 e. The molecule has 0 spiro atoms. The van der Waals surface area contributed by atoms with Crippen molar-refractivity contribution in [2.75, 3.05) is 19.0 Å². The van der Waals surface area contributed by atoms with Crippen molar-refractivity contribution in [3.05, 3.63) is 77.5 Å². The number of pyridine rings is 1. The lowest BCUT2D eigenvalue weighted by Crippen LogP contribution is -2.20. The second kappa shape index (κ2) is 9.66. The second-order valence-electron chi connectivity index (χ2n) is 7.97. The molecule has 0 aliphatic heterocycles. The van der Waals surface area contributed by atoms with E-state index >= 15 is 0 Å². The number of aromatic nitrogens is 2. The highest BCUT2D eigenvalue weighted by Gasteiger charge is 2.20. The molecule has 4 rings (SSSR count). The standard InChI is InChI=1S/C26H26N4O4/c1-16-7-6-8-17(2)24(16)29-26-25(28-22-9-4-5-12-30(22)26)19-13-18(14-23(32)33-3)10-11-20(19)34-15-21(27)31/h4-13,29H,14-15H2,1-3H3,(H2,27,31). The van der Waals surface area contributed by atoms with Crippen molar-refractivity contribution >= 4 is 29.0 Å². The zero-order valence-corrected chi connectivity index (χ0v) is 19.3. The molecule has 0 fully saturated rings. The molecule has 34 heavy (non-hydrogen) atoms. The number of benzene rings is 2. The maximum absolute atomic E-state index is 11.9. The summed E-state index contributed by atoms with van der Waals surface area (Å²) in [5.41, 5.74) is 11.1. The highest BCUT2D eigenvalue weighted by molar-refractivity contribution is 5.85. The summed E-state index contributed by atoms with van der Waals surface area (Å²) in [7, 11) is 1.35. The third kappa shape index (κ3) is 4.71. The third-order valence-corrected chi connectivity index (χ3v) is 5.50. The first-order valence-corrected chi connectivity index (χ1v) is 10.8. The van der Waals surface area contributed by atoms with Crippen LogP contribution in [0.3, 0.4) is 0 Å². The van der Waals surface area contributed by atoms with Gasteiger partial charge in [0, 0.05) is 17.4 Å². The Morgan fingerprint density at radius 3 is 2.53 bits per heavy atom. The number of rotatable bonds is 8. The number of para-hydroxylation sites is 1. The van der Waals surface area contributed by atoms with Crippen LogP contribution in [0, 0.1) is 13.8 Å². The fraction of sp³-hybridized carbons (Fsp3) is 0.192. The number of carbonyl (C=O) groups excluding carboxylic acids is 2. The third-order valence-electron chi connectivity index (χ3n) is 5.50. The molecular weight excluding hydrogens is 432 g/mol. The summed E-state index contributed by atoms with van der Waals surface area (Å²) >= 11 is 0. The highest BCUT2D eigenvalue weighted by Crippen LogP contribution is 2.38. The maximum atomic E-state index is 11.9. The molecule has 0 saturated carbocycles. The monoisotopic (exact) mass is 458 g/mol. The molecule has 0 atom stereocenters. The van der Waals surface area contributed by atoms with E-state index in [0.717, 1.165) is 33.8 Å². The quantitative estimate of drug-likeness (QED) is 0.387. The molecule has 2 aromatic heterocycles. The molecular formula is C26H26N4O4. The Balaban J connectivity index is 1.91. The van der Waals surface area contributed by atoms with Crippen LogP contribution in [0.5, 0.6) is 5.75 Å². The average Bonchev–Trinajstić information content (AvgIpc) is 3.18. The van der Waals surface area contributed by atoms with Crippen LogP contribution >= 0.6 is 0 Å². The first-order valence-electron chi connectivity index (χ1n) is 10.8. The Kier molecular flexibility index (Phi) is 6.49. The lowest BCUT2D eigenvalue weighted by Gasteiger charge is -2.16. The van der Waals surface area contributed by atoms with Crippen molar-refractivity contribution in [3.63, 3.8) is 0 Å². The van der Waals surface area contributed by atoms with Gasteiger partial charge in [0.2, 0.25) is 0 Å². The summed E-state index contributed by atoms with van der Waals surface area (Å²) in [6.45, 7) is 3.80. The minimum absolute atomic E-state index is 0.0899. The summed E-state index contributed by atoms with van der Waals surface area (Å²) in [5, 5.41) is 3.56. The van der Waals surface area contributed by atoms with Gasteiger partial charge < -0.3 is 20.5 Å². The number of aryl methyl sites for hydroxylation is 2. The van der Waals surface area contributed by atoms with Crippen LogP contribution in [-0.4, -0.2) is 35.0 Å². The molecule has 0 radical (unpaired) electrons. The van der Waals surface area contributed by atoms with Crippen LogP contribution in [0.1, 0.15) is 16.7 Å². The van der Waals surface area contributed by atoms with E-state index in [0.29, 0.717) is 17.0 Å². The first kappa shape index (κ1) is 22.8. The molecule has 0 saturated heterocycles. The zero-order valence-electron chi connectivity index (χ0n) is 19.3. The number of nitrogens with one attached hydrogen (secondary N) is 1. The number of ether oxygens (including phenoxy) is 2. The van der Waals surface area contributed by atoms with E-state index in [-0.39, 0.29) is 19.0 Å². The van der Waals surface area contributed by atoms with Gasteiger partial charge in [-0.25, -0.2) is 4.98 Å². The van der Waals surface area contributed by atoms with Gasteiger partial charge in [0.25, 0.3) is 5.91 Å². The van der Waals surface area contributed by atoms with E-state index < -0.39 is 5.91 Å². The Labute approximate surface area is 197 Å². The first-order chi connectivity index (χ1) is 16.4. The van der Waals surface area contributed by atoms with E-state index in [1.54, 1.807) is 12.1 Å². The molecule has 0 aliphatic rings. The summed E-state index contributed by atoms with van der Waals surface area (Å²) < 4.78 is 12.5. The number of nitrogens with two attached hydrogens (primary N) is 1. The summed E-state index contributed by atoms with van der Waals surface area (Å²) in [6.07, 6.45) is 2.01. The molecule has 1 amide bonds. The fourth-order valence-corrected chi connectivity index (χ4v) is 3.82. The van der Waals surface area contributed by atoms with Gasteiger partial charge in [-0.1, -0.05) is 30.3 Å². The van der Waals surface area contributed by atoms with Gasteiger partial charge in [0.1, 0.15) is 22.9 Å². The predicted molar refractivity (Wildman–Crippen MR) is 130 cm³/mol. The Morgan fingerprint density at radius 2 is 1.82 bits per heavy atom. The SMILES string of the molecule is COC(=O)Cc1ccc(OCC(N)=O)c(-c2nc3ccccn3c2Nc2c(C)cccc2C)c1. The van der Waals surface area contributed by atoms with E-state index in [4.69, 9.17) is 20.2 Å². The Hall–Kier alpha value is -4.33. The van der Waals surface area contributed by atoms with Crippen molar-refractivity contribution in [1.82, 2.24) is 9.38 Å². The number of imidazole rings is 1. The molecule has 8 heteroatoms. The Morgan fingerprint density at radius 1 is 1.06 bits per heavy atom. The molecule has 174 valence electrons. The zero-order chi connectivity index (χ0) is 24.2. The molecule has 2 aromatic carbocycles. The molecule has 0 aliphatic carbocycles. The number of carbonyl (C=O) groups is 2. The number of primary amides is 1. The number of esters is 1. The molecule has 0 unspecified atom stereocenters. The molecule has 8 nitrogen and oxygen atoms in total. The van der Waals surface area contributed by atoms with Crippen molar-refractivity contribution in [3.8, 4) is 17.0 Å². The van der Waals surface area contributed by atoms with Gasteiger partial charge in [-0.05, 0) is 54.8 Å². The maximum Gasteiger partial charge on any atom is 0.309 e. The number of anilines is 2. The number of nitrogens with zero attached hydrogens (tertiary/aromatic N) is 2. The normalized spacial score (nSPS) is 10.8. The van der Waals surface area contributed by atoms with Crippen molar-refractivity contribution < 1.29 is 19.1 Å². The fourth-order valence-electron chi connectivity index (χ4n) is 3.82. The van der Waals surface area contributed by atoms with Gasteiger partial charge in [-0.3, -0.25) is 14.0 Å².